The van der Waals surface area contributed by atoms with Gasteiger partial charge in [0.15, 0.2) is 0 Å². The van der Waals surface area contributed by atoms with Gasteiger partial charge in [0.25, 0.3) is 0 Å². The fraction of sp³-hybridized carbons (Fsp3) is 0.127. The first-order valence-electron chi connectivity index (χ1n) is 26.1. The van der Waals surface area contributed by atoms with Crippen LogP contribution >= 0.6 is 0 Å². The molecule has 0 nitrogen and oxygen atoms in total. The first kappa shape index (κ1) is 39.8. The molecule has 10 aromatic rings. The van der Waals surface area contributed by atoms with Gasteiger partial charge in [0.05, 0.1) is 0 Å². The SMILES string of the molecule is CC1(C)c2ccccc2-c2ccc(-c3c4ccc5cc4c(c4cc6c(cc34)-c3ccccc3[Si]6(C)C)-c3ccc4c(c3)C(C)(C3=CC6=C5C=CC5c7cccc8cccc(c78)C(=C3)C65)c3ccccc3-4)cc21. The van der Waals surface area contributed by atoms with E-state index in [0.29, 0.717) is 0 Å². The van der Waals surface area contributed by atoms with Crippen LogP contribution in [0.5, 0.6) is 0 Å². The highest BCUT2D eigenvalue weighted by Gasteiger charge is 2.47. The average molecular weight is 931 g/mol. The smallest absolute Gasteiger partial charge is 0.0754 e. The van der Waals surface area contributed by atoms with Crippen molar-refractivity contribution in [3.63, 3.8) is 0 Å². The van der Waals surface area contributed by atoms with E-state index in [0.717, 1.165) is 0 Å². The maximum Gasteiger partial charge on any atom is 0.113 e. The summed E-state index contributed by atoms with van der Waals surface area (Å²) < 4.78 is 0. The Hall–Kier alpha value is -7.84. The van der Waals surface area contributed by atoms with Crippen LogP contribution in [0.4, 0.5) is 0 Å². The molecule has 0 spiro atoms. The van der Waals surface area contributed by atoms with Gasteiger partial charge in [-0.05, 0) is 191 Å². The Bertz CT molecular complexity index is 4400. The zero-order valence-corrected chi connectivity index (χ0v) is 42.2. The topological polar surface area (TPSA) is 0 Å². The molecule has 3 unspecified atom stereocenters. The summed E-state index contributed by atoms with van der Waals surface area (Å²) in [6.45, 7) is 12.5. The van der Waals surface area contributed by atoms with Crippen LogP contribution in [0.15, 0.2) is 211 Å². The van der Waals surface area contributed by atoms with E-state index in [1.807, 2.05) is 0 Å². The highest BCUT2D eigenvalue weighted by Crippen LogP contribution is 2.62. The lowest BCUT2D eigenvalue weighted by Crippen LogP contribution is -2.49. The van der Waals surface area contributed by atoms with Crippen molar-refractivity contribution in [3.05, 3.63) is 250 Å². The van der Waals surface area contributed by atoms with Gasteiger partial charge in [0.1, 0.15) is 8.07 Å². The summed E-state index contributed by atoms with van der Waals surface area (Å²) in [7, 11) is -2.07. The predicted octanol–water partition coefficient (Wildman–Crippen LogP) is 16.9. The Balaban J connectivity index is 1.03. The third kappa shape index (κ3) is 4.67. The largest absolute Gasteiger partial charge is 0.113 e. The molecule has 6 bridgehead atoms. The molecular formula is C71H50Si. The summed E-state index contributed by atoms with van der Waals surface area (Å²) >= 11 is 0. The summed E-state index contributed by atoms with van der Waals surface area (Å²) in [5.74, 6) is 0.461. The van der Waals surface area contributed by atoms with Crippen molar-refractivity contribution in [3.8, 4) is 55.6 Å². The number of fused-ring (bicyclic) bond motifs is 18. The van der Waals surface area contributed by atoms with E-state index < -0.39 is 13.5 Å². The maximum absolute atomic E-state index is 2.68. The number of hydrogen-bond acceptors (Lipinski definition) is 0. The number of rotatable bonds is 1. The minimum atomic E-state index is -2.07. The second-order valence-corrected chi connectivity index (χ2v) is 27.5. The molecule has 3 atom stereocenters. The van der Waals surface area contributed by atoms with Crippen molar-refractivity contribution in [2.45, 2.75) is 50.6 Å². The molecule has 0 saturated heterocycles. The van der Waals surface area contributed by atoms with Crippen molar-refractivity contribution in [2.24, 2.45) is 5.92 Å². The van der Waals surface area contributed by atoms with Gasteiger partial charge in [-0.15, -0.1) is 0 Å². The summed E-state index contributed by atoms with van der Waals surface area (Å²) in [6.07, 6.45) is 10.3. The van der Waals surface area contributed by atoms with E-state index in [4.69, 9.17) is 0 Å². The molecule has 6 aliphatic carbocycles. The molecule has 10 aromatic carbocycles. The highest BCUT2D eigenvalue weighted by atomic mass is 28.3. The normalized spacial score (nSPS) is 20.9. The Kier molecular flexibility index (Phi) is 7.28. The zero-order chi connectivity index (χ0) is 47.7. The lowest BCUT2D eigenvalue weighted by Gasteiger charge is -2.43. The number of hydrogen-bond donors (Lipinski definition) is 0. The minimum Gasteiger partial charge on any atom is -0.0754 e. The van der Waals surface area contributed by atoms with Crippen LogP contribution < -0.4 is 10.4 Å². The second-order valence-electron chi connectivity index (χ2n) is 23.2. The lowest BCUT2D eigenvalue weighted by atomic mass is 9.60. The van der Waals surface area contributed by atoms with Crippen LogP contribution in [-0.4, -0.2) is 8.07 Å². The van der Waals surface area contributed by atoms with Crippen LogP contribution in [0, 0.1) is 5.92 Å². The molecule has 1 aliphatic heterocycles. The van der Waals surface area contributed by atoms with Gasteiger partial charge in [-0.2, -0.15) is 0 Å². The lowest BCUT2D eigenvalue weighted by molar-refractivity contribution is 0.660. The van der Waals surface area contributed by atoms with Gasteiger partial charge in [-0.3, -0.25) is 0 Å². The Labute approximate surface area is 422 Å². The molecule has 0 radical (unpaired) electrons. The molecule has 0 N–H and O–H groups in total. The first-order chi connectivity index (χ1) is 35.1. The van der Waals surface area contributed by atoms with E-state index in [-0.39, 0.29) is 17.3 Å². The fourth-order valence-corrected chi connectivity index (χ4v) is 18.8. The van der Waals surface area contributed by atoms with E-state index in [1.54, 1.807) is 10.4 Å². The molecule has 17 rings (SSSR count). The second kappa shape index (κ2) is 13.2. The monoisotopic (exact) mass is 930 g/mol. The van der Waals surface area contributed by atoms with Crippen molar-refractivity contribution in [2.75, 3.05) is 0 Å². The van der Waals surface area contributed by atoms with Gasteiger partial charge in [-0.1, -0.05) is 203 Å². The van der Waals surface area contributed by atoms with Crippen LogP contribution in [0.25, 0.3) is 99.1 Å². The van der Waals surface area contributed by atoms with Gasteiger partial charge in [0.2, 0.25) is 0 Å². The van der Waals surface area contributed by atoms with Crippen molar-refractivity contribution >= 4 is 61.9 Å². The van der Waals surface area contributed by atoms with Crippen molar-refractivity contribution < 1.29 is 0 Å². The molecular weight excluding hydrogens is 881 g/mol. The van der Waals surface area contributed by atoms with E-state index in [9.17, 15) is 0 Å². The van der Waals surface area contributed by atoms with Gasteiger partial charge < -0.3 is 0 Å². The van der Waals surface area contributed by atoms with Crippen molar-refractivity contribution in [1.82, 2.24) is 0 Å². The zero-order valence-electron chi connectivity index (χ0n) is 41.2. The summed E-state index contributed by atoms with van der Waals surface area (Å²) in [5.41, 5.74) is 28.3. The van der Waals surface area contributed by atoms with E-state index in [1.165, 1.54) is 149 Å². The van der Waals surface area contributed by atoms with Gasteiger partial charge in [-0.25, -0.2) is 0 Å². The highest BCUT2D eigenvalue weighted by molar-refractivity contribution is 7.04. The molecule has 338 valence electrons. The van der Waals surface area contributed by atoms with Crippen LogP contribution in [0.3, 0.4) is 0 Å². The standard InChI is InChI=1S/C71H50Si/c1-70(2)60-21-9-6-16-45(60)47-27-25-41(33-62(47)70)67-53-29-24-40-32-55(53)68(59-38-65-54(37-58(59)67)49-18-8-11-23-64(49)72(65,4)5)42-26-28-48-46-17-7-10-22-61(46)71(3,63(48)34-42)43-35-56-44(40)30-31-52-50-19-12-14-39-15-13-20-51(66(39)50)57(36-43)69(52)56/h6-38,52,69H,1-5H3. The van der Waals surface area contributed by atoms with Gasteiger partial charge in [0, 0.05) is 22.7 Å². The van der Waals surface area contributed by atoms with Crippen LogP contribution in [-0.2, 0) is 10.8 Å². The van der Waals surface area contributed by atoms with E-state index in [2.05, 4.69) is 234 Å². The van der Waals surface area contributed by atoms with Gasteiger partial charge >= 0.3 is 0 Å². The molecule has 0 saturated carbocycles. The summed E-state index contributed by atoms with van der Waals surface area (Å²) in [6, 6.07) is 69.5. The third-order valence-electron chi connectivity index (χ3n) is 19.2. The van der Waals surface area contributed by atoms with E-state index >= 15 is 0 Å². The number of allylic oxidation sites excluding steroid dienone is 8. The van der Waals surface area contributed by atoms with Crippen LogP contribution in [0.1, 0.15) is 65.6 Å². The van der Waals surface area contributed by atoms with Crippen molar-refractivity contribution in [1.29, 1.82) is 0 Å². The Morgan fingerprint density at radius 2 is 1.07 bits per heavy atom. The molecule has 0 amide bonds. The molecule has 1 heteroatoms. The average Bonchev–Trinajstić information content (AvgIpc) is 3.91. The molecule has 0 aromatic heterocycles. The predicted molar refractivity (Wildman–Crippen MR) is 306 cm³/mol. The fourth-order valence-electron chi connectivity index (χ4n) is 15.8. The molecule has 7 aliphatic rings. The third-order valence-corrected chi connectivity index (χ3v) is 22.8. The summed E-state index contributed by atoms with van der Waals surface area (Å²) in [4.78, 5) is 0. The molecule has 1 heterocycles. The Morgan fingerprint density at radius 3 is 1.89 bits per heavy atom. The molecule has 72 heavy (non-hydrogen) atoms. The summed E-state index contributed by atoms with van der Waals surface area (Å²) in [5, 5.41) is 11.1. The first-order valence-corrected chi connectivity index (χ1v) is 29.1. The quantitative estimate of drug-likeness (QED) is 0.114. The minimum absolute atomic E-state index is 0.122. The maximum atomic E-state index is 2.68. The molecule has 0 fully saturated rings. The Morgan fingerprint density at radius 1 is 0.444 bits per heavy atom. The number of benzene rings is 10. The van der Waals surface area contributed by atoms with Crippen LogP contribution in [0.2, 0.25) is 13.1 Å².